The summed E-state index contributed by atoms with van der Waals surface area (Å²) in [6, 6.07) is 18.0. The van der Waals surface area contributed by atoms with Crippen molar-refractivity contribution in [2.45, 2.75) is 23.6 Å². The lowest BCUT2D eigenvalue weighted by atomic mass is 10.1. The predicted molar refractivity (Wildman–Crippen MR) is 124 cm³/mol. The number of fused-ring (bicyclic) bond motifs is 2. The maximum atomic E-state index is 13.1. The van der Waals surface area contributed by atoms with E-state index in [1.54, 1.807) is 24.0 Å². The predicted octanol–water partition coefficient (Wildman–Crippen LogP) is 5.75. The second kappa shape index (κ2) is 8.18. The second-order valence-corrected chi connectivity index (χ2v) is 8.54. The Hall–Kier alpha value is -3.98. The average molecular weight is 458 g/mol. The summed E-state index contributed by atoms with van der Waals surface area (Å²) in [5.41, 5.74) is 3.20. The Labute approximate surface area is 193 Å². The van der Waals surface area contributed by atoms with E-state index in [1.165, 1.54) is 17.8 Å². The summed E-state index contributed by atoms with van der Waals surface area (Å²) in [4.78, 5) is 32.0. The molecule has 0 N–H and O–H groups in total. The number of nitro benzene ring substituents is 1. The molecular weight excluding hydrogens is 440 g/mol. The van der Waals surface area contributed by atoms with E-state index in [1.807, 2.05) is 49.4 Å². The van der Waals surface area contributed by atoms with Crippen LogP contribution in [0.5, 0.6) is 0 Å². The SMILES string of the molecule is CCN1C(=O)c2ccccc2Sc2cc(-c3noc(-c4cccc([N+](=O)[O-])c4C)n3)ccc21. The molecule has 0 saturated heterocycles. The third kappa shape index (κ3) is 3.56. The largest absolute Gasteiger partial charge is 0.334 e. The topological polar surface area (TPSA) is 102 Å². The molecule has 5 rings (SSSR count). The smallest absolute Gasteiger partial charge is 0.273 e. The molecule has 0 unspecified atom stereocenters. The number of carbonyl (C=O) groups excluding carboxylic acids is 1. The molecule has 1 aliphatic heterocycles. The van der Waals surface area contributed by atoms with Gasteiger partial charge in [0, 0.05) is 39.1 Å². The number of aromatic nitrogens is 2. The molecule has 1 amide bonds. The number of rotatable bonds is 4. The minimum atomic E-state index is -0.432. The summed E-state index contributed by atoms with van der Waals surface area (Å²) in [5, 5.41) is 15.4. The van der Waals surface area contributed by atoms with Crippen LogP contribution in [0.3, 0.4) is 0 Å². The van der Waals surface area contributed by atoms with Crippen molar-refractivity contribution in [2.75, 3.05) is 11.4 Å². The van der Waals surface area contributed by atoms with Crippen LogP contribution in [0.4, 0.5) is 11.4 Å². The molecule has 1 aliphatic rings. The normalized spacial score (nSPS) is 12.8. The molecule has 4 aromatic rings. The molecule has 0 spiro atoms. The van der Waals surface area contributed by atoms with Gasteiger partial charge < -0.3 is 9.42 Å². The second-order valence-electron chi connectivity index (χ2n) is 7.46. The van der Waals surface area contributed by atoms with E-state index in [4.69, 9.17) is 4.52 Å². The number of nitrogens with zero attached hydrogens (tertiary/aromatic N) is 4. The van der Waals surface area contributed by atoms with Gasteiger partial charge in [-0.25, -0.2) is 0 Å². The molecule has 3 aromatic carbocycles. The Bertz CT molecular complexity index is 1420. The minimum Gasteiger partial charge on any atom is -0.334 e. The Morgan fingerprint density at radius 1 is 1.06 bits per heavy atom. The van der Waals surface area contributed by atoms with Gasteiger partial charge in [0.2, 0.25) is 5.82 Å². The molecule has 0 radical (unpaired) electrons. The quantitative estimate of drug-likeness (QED) is 0.283. The molecule has 8 nitrogen and oxygen atoms in total. The van der Waals surface area contributed by atoms with E-state index in [9.17, 15) is 14.9 Å². The molecule has 0 aliphatic carbocycles. The summed E-state index contributed by atoms with van der Waals surface area (Å²) in [5.74, 6) is 0.547. The molecule has 2 heterocycles. The third-order valence-corrected chi connectivity index (χ3v) is 6.69. The van der Waals surface area contributed by atoms with Gasteiger partial charge in [-0.3, -0.25) is 14.9 Å². The molecule has 33 heavy (non-hydrogen) atoms. The van der Waals surface area contributed by atoms with Gasteiger partial charge in [0.05, 0.1) is 16.2 Å². The van der Waals surface area contributed by atoms with Crippen LogP contribution in [-0.4, -0.2) is 27.5 Å². The molecule has 0 saturated carbocycles. The molecule has 0 atom stereocenters. The Morgan fingerprint density at radius 2 is 1.85 bits per heavy atom. The lowest BCUT2D eigenvalue weighted by molar-refractivity contribution is -0.385. The number of carbonyl (C=O) groups is 1. The maximum Gasteiger partial charge on any atom is 0.273 e. The number of hydrogen-bond donors (Lipinski definition) is 0. The maximum absolute atomic E-state index is 13.1. The number of anilines is 1. The highest BCUT2D eigenvalue weighted by Gasteiger charge is 2.27. The zero-order valence-electron chi connectivity index (χ0n) is 17.8. The number of benzene rings is 3. The summed E-state index contributed by atoms with van der Waals surface area (Å²) >= 11 is 1.52. The van der Waals surface area contributed by atoms with Gasteiger partial charge in [-0.15, -0.1) is 0 Å². The van der Waals surface area contributed by atoms with Gasteiger partial charge in [-0.05, 0) is 50.2 Å². The van der Waals surface area contributed by atoms with Gasteiger partial charge >= 0.3 is 0 Å². The average Bonchev–Trinajstić information content (AvgIpc) is 3.26. The first-order valence-corrected chi connectivity index (χ1v) is 11.1. The fraction of sp³-hybridized carbons (Fsp3) is 0.125. The number of nitro groups is 1. The standard InChI is InChI=1S/C24H18N4O4S/c1-3-27-19-12-11-15(13-21(19)33-20-10-5-4-7-17(20)24(27)29)22-25-23(32-26-22)16-8-6-9-18(14(16)2)28(30)31/h4-13H,3H2,1-2H3. The first-order valence-electron chi connectivity index (χ1n) is 10.3. The molecule has 1 aromatic heterocycles. The highest BCUT2D eigenvalue weighted by molar-refractivity contribution is 7.99. The lowest BCUT2D eigenvalue weighted by Crippen LogP contribution is -2.30. The Kier molecular flexibility index (Phi) is 5.18. The third-order valence-electron chi connectivity index (χ3n) is 5.57. The minimum absolute atomic E-state index is 0.00308. The van der Waals surface area contributed by atoms with Crippen LogP contribution in [0.25, 0.3) is 22.8 Å². The monoisotopic (exact) mass is 458 g/mol. The zero-order valence-corrected chi connectivity index (χ0v) is 18.6. The van der Waals surface area contributed by atoms with Gasteiger partial charge in [-0.2, -0.15) is 4.98 Å². The zero-order chi connectivity index (χ0) is 23.1. The van der Waals surface area contributed by atoms with E-state index < -0.39 is 4.92 Å². The molecular formula is C24H18N4O4S. The van der Waals surface area contributed by atoms with Gasteiger partial charge in [0.1, 0.15) is 0 Å². The highest BCUT2D eigenvalue weighted by atomic mass is 32.2. The van der Waals surface area contributed by atoms with Crippen LogP contribution < -0.4 is 4.90 Å². The van der Waals surface area contributed by atoms with Crippen LogP contribution in [0, 0.1) is 17.0 Å². The van der Waals surface area contributed by atoms with Crippen molar-refractivity contribution in [3.63, 3.8) is 0 Å². The van der Waals surface area contributed by atoms with Gasteiger partial charge in [0.25, 0.3) is 17.5 Å². The fourth-order valence-electron chi connectivity index (χ4n) is 3.88. The van der Waals surface area contributed by atoms with Crippen LogP contribution in [0.2, 0.25) is 0 Å². The van der Waals surface area contributed by atoms with Crippen molar-refractivity contribution >= 4 is 29.0 Å². The van der Waals surface area contributed by atoms with E-state index >= 15 is 0 Å². The molecule has 0 fully saturated rings. The van der Waals surface area contributed by atoms with Gasteiger partial charge in [-0.1, -0.05) is 35.1 Å². The number of amides is 1. The van der Waals surface area contributed by atoms with Crippen LogP contribution in [0.15, 0.2) is 75.0 Å². The highest BCUT2D eigenvalue weighted by Crippen LogP contribution is 2.43. The van der Waals surface area contributed by atoms with E-state index in [-0.39, 0.29) is 17.5 Å². The van der Waals surface area contributed by atoms with Crippen molar-refractivity contribution in [2.24, 2.45) is 0 Å². The Balaban J connectivity index is 1.56. The van der Waals surface area contributed by atoms with Crippen molar-refractivity contribution in [1.82, 2.24) is 10.1 Å². The van der Waals surface area contributed by atoms with Crippen LogP contribution in [0.1, 0.15) is 22.8 Å². The van der Waals surface area contributed by atoms with Crippen molar-refractivity contribution in [1.29, 1.82) is 0 Å². The van der Waals surface area contributed by atoms with Crippen molar-refractivity contribution in [3.05, 3.63) is 81.9 Å². The molecule has 0 bridgehead atoms. The van der Waals surface area contributed by atoms with E-state index in [0.717, 1.165) is 21.0 Å². The first-order chi connectivity index (χ1) is 16.0. The van der Waals surface area contributed by atoms with E-state index in [0.29, 0.717) is 29.1 Å². The van der Waals surface area contributed by atoms with E-state index in [2.05, 4.69) is 10.1 Å². The first kappa shape index (κ1) is 20.9. The van der Waals surface area contributed by atoms with Crippen LogP contribution in [-0.2, 0) is 0 Å². The summed E-state index contributed by atoms with van der Waals surface area (Å²) in [6.45, 7) is 4.14. The summed E-state index contributed by atoms with van der Waals surface area (Å²) in [6.07, 6.45) is 0. The molecule has 164 valence electrons. The fourth-order valence-corrected chi connectivity index (χ4v) is 5.00. The summed E-state index contributed by atoms with van der Waals surface area (Å²) in [7, 11) is 0. The van der Waals surface area contributed by atoms with Crippen molar-refractivity contribution < 1.29 is 14.2 Å². The van der Waals surface area contributed by atoms with Crippen LogP contribution >= 0.6 is 11.8 Å². The summed E-state index contributed by atoms with van der Waals surface area (Å²) < 4.78 is 5.45. The van der Waals surface area contributed by atoms with Crippen molar-refractivity contribution in [3.8, 4) is 22.8 Å². The lowest BCUT2D eigenvalue weighted by Gasteiger charge is -2.21. The number of hydrogen-bond acceptors (Lipinski definition) is 7. The Morgan fingerprint density at radius 3 is 2.64 bits per heavy atom. The molecule has 9 heteroatoms. The van der Waals surface area contributed by atoms with Gasteiger partial charge in [0.15, 0.2) is 0 Å².